The van der Waals surface area contributed by atoms with Gasteiger partial charge >= 0.3 is 0 Å². The van der Waals surface area contributed by atoms with E-state index in [1.54, 1.807) is 0 Å². The largest absolute Gasteiger partial charge is 0.353 e. The molecule has 2 unspecified atom stereocenters. The van der Waals surface area contributed by atoms with Gasteiger partial charge in [0.2, 0.25) is 0 Å². The summed E-state index contributed by atoms with van der Waals surface area (Å²) in [5.74, 6) is 0. The summed E-state index contributed by atoms with van der Waals surface area (Å²) in [6.45, 7) is 3.27. The summed E-state index contributed by atoms with van der Waals surface area (Å²) < 4.78 is 22.8. The van der Waals surface area contributed by atoms with Gasteiger partial charge in [0.05, 0.1) is 0 Å². The van der Waals surface area contributed by atoms with Crippen molar-refractivity contribution in [3.63, 3.8) is 0 Å². The minimum Gasteiger partial charge on any atom is -0.353 e. The van der Waals surface area contributed by atoms with Gasteiger partial charge in [0.15, 0.2) is 12.6 Å². The van der Waals surface area contributed by atoms with Gasteiger partial charge in [0.25, 0.3) is 0 Å². The quantitative estimate of drug-likeness (QED) is 0.269. The van der Waals surface area contributed by atoms with Crippen LogP contribution in [0.2, 0.25) is 0 Å². The average Bonchev–Trinajstić information content (AvgIpc) is 2.68. The van der Waals surface area contributed by atoms with Crippen molar-refractivity contribution in [3.8, 4) is 0 Å². The van der Waals surface area contributed by atoms with E-state index in [1.165, 1.54) is 31.4 Å². The van der Waals surface area contributed by atoms with Crippen LogP contribution >= 0.6 is 0 Å². The third-order valence-electron chi connectivity index (χ3n) is 4.94. The van der Waals surface area contributed by atoms with E-state index >= 15 is 0 Å². The SMILES string of the molecule is CN(C)N=C(CCCCOC1CCCCO1)CCCCOC1CCCCO1. The van der Waals surface area contributed by atoms with Crippen molar-refractivity contribution in [1.82, 2.24) is 5.01 Å². The Balaban J connectivity index is 1.51. The molecule has 2 saturated heterocycles. The van der Waals surface area contributed by atoms with Crippen molar-refractivity contribution in [1.29, 1.82) is 0 Å². The summed E-state index contributed by atoms with van der Waals surface area (Å²) in [4.78, 5) is 0. The number of hydrogen-bond acceptors (Lipinski definition) is 6. The fourth-order valence-corrected chi connectivity index (χ4v) is 3.48. The van der Waals surface area contributed by atoms with Crippen LogP contribution in [0.25, 0.3) is 0 Å². The lowest BCUT2D eigenvalue weighted by Crippen LogP contribution is -2.22. The van der Waals surface area contributed by atoms with E-state index < -0.39 is 0 Å². The summed E-state index contributed by atoms with van der Waals surface area (Å²) in [7, 11) is 3.99. The number of nitrogens with zero attached hydrogens (tertiary/aromatic N) is 2. The Labute approximate surface area is 165 Å². The van der Waals surface area contributed by atoms with Crippen LogP contribution < -0.4 is 0 Å². The minimum absolute atomic E-state index is 0.0295. The van der Waals surface area contributed by atoms with Gasteiger partial charge in [-0.1, -0.05) is 0 Å². The molecule has 0 radical (unpaired) electrons. The van der Waals surface area contributed by atoms with E-state index in [1.807, 2.05) is 19.1 Å². The predicted molar refractivity (Wildman–Crippen MR) is 108 cm³/mol. The fourth-order valence-electron chi connectivity index (χ4n) is 3.48. The molecule has 6 heteroatoms. The molecule has 2 aliphatic heterocycles. The maximum absolute atomic E-state index is 5.82. The van der Waals surface area contributed by atoms with Gasteiger partial charge < -0.3 is 24.0 Å². The zero-order valence-electron chi connectivity index (χ0n) is 17.5. The second kappa shape index (κ2) is 14.3. The average molecular weight is 385 g/mol. The fraction of sp³-hybridized carbons (Fsp3) is 0.952. The van der Waals surface area contributed by atoms with Gasteiger partial charge in [-0.05, 0) is 77.0 Å². The van der Waals surface area contributed by atoms with Gasteiger partial charge in [0.1, 0.15) is 0 Å². The lowest BCUT2D eigenvalue weighted by Gasteiger charge is -2.22. The maximum atomic E-state index is 5.82. The molecule has 27 heavy (non-hydrogen) atoms. The zero-order chi connectivity index (χ0) is 19.2. The van der Waals surface area contributed by atoms with E-state index in [9.17, 15) is 0 Å². The molecule has 0 saturated carbocycles. The van der Waals surface area contributed by atoms with E-state index in [4.69, 9.17) is 18.9 Å². The molecule has 0 aromatic heterocycles. The van der Waals surface area contributed by atoms with Crippen molar-refractivity contribution in [3.05, 3.63) is 0 Å². The molecule has 0 aromatic carbocycles. The Morgan fingerprint density at radius 3 is 1.74 bits per heavy atom. The summed E-state index contributed by atoms with van der Waals surface area (Å²) in [6, 6.07) is 0. The number of hydrogen-bond donors (Lipinski definition) is 0. The molecular weight excluding hydrogens is 344 g/mol. The second-order valence-corrected chi connectivity index (χ2v) is 7.76. The molecule has 6 nitrogen and oxygen atoms in total. The van der Waals surface area contributed by atoms with Gasteiger partial charge in [-0.3, -0.25) is 0 Å². The van der Waals surface area contributed by atoms with Crippen LogP contribution in [0.1, 0.15) is 77.0 Å². The molecule has 0 N–H and O–H groups in total. The van der Waals surface area contributed by atoms with Crippen LogP contribution in [0.5, 0.6) is 0 Å². The highest BCUT2D eigenvalue weighted by molar-refractivity contribution is 5.84. The van der Waals surface area contributed by atoms with Crippen molar-refractivity contribution < 1.29 is 18.9 Å². The second-order valence-electron chi connectivity index (χ2n) is 7.76. The van der Waals surface area contributed by atoms with Crippen molar-refractivity contribution in [2.24, 2.45) is 5.10 Å². The monoisotopic (exact) mass is 384 g/mol. The third kappa shape index (κ3) is 11.0. The number of unbranched alkanes of at least 4 members (excludes halogenated alkanes) is 2. The van der Waals surface area contributed by atoms with E-state index in [0.717, 1.165) is 77.8 Å². The standard InChI is InChI=1S/C21H40N2O4/c1-23(2)22-19(11-3-7-15-24-20-13-5-9-17-26-20)12-4-8-16-25-21-14-6-10-18-27-21/h20-21H,3-18H2,1-2H3. The van der Waals surface area contributed by atoms with Crippen LogP contribution in [-0.2, 0) is 18.9 Å². The Morgan fingerprint density at radius 1 is 0.815 bits per heavy atom. The number of ether oxygens (including phenoxy) is 4. The Bertz CT molecular complexity index is 362. The van der Waals surface area contributed by atoms with Gasteiger partial charge in [0, 0.05) is 46.2 Å². The Hall–Kier alpha value is -0.690. The molecular formula is C21H40N2O4. The van der Waals surface area contributed by atoms with Crippen LogP contribution in [0.4, 0.5) is 0 Å². The summed E-state index contributed by atoms with van der Waals surface area (Å²) in [5.41, 5.74) is 1.28. The lowest BCUT2D eigenvalue weighted by molar-refractivity contribution is -0.162. The highest BCUT2D eigenvalue weighted by Crippen LogP contribution is 2.16. The molecule has 2 rings (SSSR count). The first-order valence-electron chi connectivity index (χ1n) is 10.9. The first-order chi connectivity index (χ1) is 13.2. The highest BCUT2D eigenvalue weighted by Gasteiger charge is 2.14. The summed E-state index contributed by atoms with van der Waals surface area (Å²) in [5, 5.41) is 6.58. The van der Waals surface area contributed by atoms with Crippen LogP contribution in [0.15, 0.2) is 5.10 Å². The first kappa shape index (κ1) is 22.6. The number of rotatable bonds is 13. The third-order valence-corrected chi connectivity index (χ3v) is 4.94. The summed E-state index contributed by atoms with van der Waals surface area (Å²) in [6.07, 6.45) is 13.4. The predicted octanol–water partition coefficient (Wildman–Crippen LogP) is 4.33. The van der Waals surface area contributed by atoms with Gasteiger partial charge in [-0.15, -0.1) is 0 Å². The molecule has 0 spiro atoms. The molecule has 2 heterocycles. The van der Waals surface area contributed by atoms with Crippen LogP contribution in [-0.4, -0.2) is 63.8 Å². The van der Waals surface area contributed by atoms with Crippen LogP contribution in [0, 0.1) is 0 Å². The van der Waals surface area contributed by atoms with Crippen molar-refractivity contribution in [2.75, 3.05) is 40.5 Å². The smallest absolute Gasteiger partial charge is 0.157 e. The number of hydrazone groups is 1. The Kier molecular flexibility index (Phi) is 12.0. The molecule has 0 bridgehead atoms. The van der Waals surface area contributed by atoms with E-state index in [0.29, 0.717) is 0 Å². The van der Waals surface area contributed by atoms with Crippen molar-refractivity contribution >= 4 is 5.71 Å². The van der Waals surface area contributed by atoms with E-state index in [2.05, 4.69) is 5.10 Å². The molecule has 2 fully saturated rings. The molecule has 2 aliphatic rings. The molecule has 0 aliphatic carbocycles. The van der Waals surface area contributed by atoms with Crippen molar-refractivity contribution in [2.45, 2.75) is 89.6 Å². The molecule has 2 atom stereocenters. The molecule has 0 aromatic rings. The first-order valence-corrected chi connectivity index (χ1v) is 10.9. The normalized spacial score (nSPS) is 23.2. The molecule has 158 valence electrons. The lowest BCUT2D eigenvalue weighted by atomic mass is 10.1. The maximum Gasteiger partial charge on any atom is 0.157 e. The van der Waals surface area contributed by atoms with Gasteiger partial charge in [-0.2, -0.15) is 5.10 Å². The zero-order valence-corrected chi connectivity index (χ0v) is 17.5. The van der Waals surface area contributed by atoms with E-state index in [-0.39, 0.29) is 12.6 Å². The highest BCUT2D eigenvalue weighted by atomic mass is 16.7. The Morgan fingerprint density at radius 2 is 1.33 bits per heavy atom. The topological polar surface area (TPSA) is 52.5 Å². The minimum atomic E-state index is 0.0295. The summed E-state index contributed by atoms with van der Waals surface area (Å²) >= 11 is 0. The van der Waals surface area contributed by atoms with Gasteiger partial charge in [-0.25, -0.2) is 0 Å². The van der Waals surface area contributed by atoms with Crippen LogP contribution in [0.3, 0.4) is 0 Å². The molecule has 0 amide bonds.